The van der Waals surface area contributed by atoms with Gasteiger partial charge in [-0.05, 0) is 17.7 Å². The van der Waals surface area contributed by atoms with Crippen LogP contribution in [0, 0.1) is 0 Å². The standard InChI is InChI=1S/C12H19N3O2/c13-7-12(10-1-3-14-4-2-10)15-5-6-17-9-11(15)8-16/h1-4,11-12,16H,5-9,13H2. The highest BCUT2D eigenvalue weighted by molar-refractivity contribution is 5.16. The summed E-state index contributed by atoms with van der Waals surface area (Å²) >= 11 is 0. The number of ether oxygens (including phenoxy) is 1. The van der Waals surface area contributed by atoms with Crippen molar-refractivity contribution in [2.24, 2.45) is 5.73 Å². The van der Waals surface area contributed by atoms with Crippen molar-refractivity contribution in [3.8, 4) is 0 Å². The average molecular weight is 237 g/mol. The second-order valence-electron chi connectivity index (χ2n) is 4.18. The second kappa shape index (κ2) is 6.07. The SMILES string of the molecule is NCC(c1ccncc1)N1CCOCC1CO. The van der Waals surface area contributed by atoms with Gasteiger partial charge in [-0.1, -0.05) is 0 Å². The third-order valence-corrected chi connectivity index (χ3v) is 3.20. The Kier molecular flexibility index (Phi) is 4.44. The van der Waals surface area contributed by atoms with Gasteiger partial charge in [0.05, 0.1) is 25.9 Å². The minimum absolute atomic E-state index is 0.0328. The Bertz CT molecular complexity index is 334. The highest BCUT2D eigenvalue weighted by Gasteiger charge is 2.29. The van der Waals surface area contributed by atoms with Crippen LogP contribution in [0.15, 0.2) is 24.5 Å². The van der Waals surface area contributed by atoms with Crippen molar-refractivity contribution in [3.63, 3.8) is 0 Å². The molecular formula is C12H19N3O2. The van der Waals surface area contributed by atoms with Crippen LogP contribution in [0.2, 0.25) is 0 Å². The van der Waals surface area contributed by atoms with E-state index in [1.807, 2.05) is 12.1 Å². The lowest BCUT2D eigenvalue weighted by atomic mass is 10.0. The monoisotopic (exact) mass is 237 g/mol. The van der Waals surface area contributed by atoms with E-state index < -0.39 is 0 Å². The molecule has 0 saturated carbocycles. The number of nitrogens with two attached hydrogens (primary N) is 1. The zero-order valence-corrected chi connectivity index (χ0v) is 9.83. The van der Waals surface area contributed by atoms with Crippen molar-refractivity contribution >= 4 is 0 Å². The second-order valence-corrected chi connectivity index (χ2v) is 4.18. The Morgan fingerprint density at radius 2 is 2.29 bits per heavy atom. The van der Waals surface area contributed by atoms with Gasteiger partial charge in [-0.15, -0.1) is 0 Å². The summed E-state index contributed by atoms with van der Waals surface area (Å²) in [5, 5.41) is 9.38. The molecule has 0 aromatic carbocycles. The largest absolute Gasteiger partial charge is 0.395 e. The van der Waals surface area contributed by atoms with E-state index in [1.165, 1.54) is 0 Å². The van der Waals surface area contributed by atoms with Gasteiger partial charge < -0.3 is 15.6 Å². The van der Waals surface area contributed by atoms with Crippen LogP contribution < -0.4 is 5.73 Å². The number of aromatic nitrogens is 1. The predicted octanol–water partition coefficient (Wildman–Crippen LogP) is -0.225. The van der Waals surface area contributed by atoms with E-state index in [0.29, 0.717) is 19.8 Å². The lowest BCUT2D eigenvalue weighted by molar-refractivity contribution is -0.0463. The topological polar surface area (TPSA) is 71.6 Å². The van der Waals surface area contributed by atoms with Crippen LogP contribution in [0.5, 0.6) is 0 Å². The molecule has 5 heteroatoms. The van der Waals surface area contributed by atoms with E-state index in [4.69, 9.17) is 10.5 Å². The van der Waals surface area contributed by atoms with E-state index in [2.05, 4.69) is 9.88 Å². The van der Waals surface area contributed by atoms with Gasteiger partial charge in [-0.3, -0.25) is 9.88 Å². The number of morpholine rings is 1. The average Bonchev–Trinajstić information content (AvgIpc) is 2.41. The number of aliphatic hydroxyl groups excluding tert-OH is 1. The van der Waals surface area contributed by atoms with Gasteiger partial charge in [-0.25, -0.2) is 0 Å². The molecule has 2 rings (SSSR count). The maximum Gasteiger partial charge on any atom is 0.0645 e. The van der Waals surface area contributed by atoms with Crippen molar-refractivity contribution in [1.29, 1.82) is 0 Å². The molecule has 2 unspecified atom stereocenters. The fourth-order valence-corrected chi connectivity index (χ4v) is 2.28. The highest BCUT2D eigenvalue weighted by atomic mass is 16.5. The summed E-state index contributed by atoms with van der Waals surface area (Å²) < 4.78 is 5.38. The smallest absolute Gasteiger partial charge is 0.0645 e. The molecule has 1 aliphatic heterocycles. The summed E-state index contributed by atoms with van der Waals surface area (Å²) in [5.41, 5.74) is 7.01. The normalized spacial score (nSPS) is 23.5. The molecule has 2 atom stereocenters. The Hall–Kier alpha value is -1.01. The number of hydrogen-bond donors (Lipinski definition) is 2. The molecule has 0 bridgehead atoms. The van der Waals surface area contributed by atoms with Crippen molar-refractivity contribution < 1.29 is 9.84 Å². The number of nitrogens with zero attached hydrogens (tertiary/aromatic N) is 2. The molecule has 0 aliphatic carbocycles. The molecule has 1 aliphatic rings. The van der Waals surface area contributed by atoms with Gasteiger partial charge in [-0.2, -0.15) is 0 Å². The van der Waals surface area contributed by atoms with Crippen LogP contribution in [0.25, 0.3) is 0 Å². The van der Waals surface area contributed by atoms with E-state index in [0.717, 1.165) is 12.1 Å². The first-order chi connectivity index (χ1) is 8.36. The molecule has 3 N–H and O–H groups in total. The number of aliphatic hydroxyl groups is 1. The molecule has 1 aromatic rings. The van der Waals surface area contributed by atoms with E-state index in [-0.39, 0.29) is 18.7 Å². The summed E-state index contributed by atoms with van der Waals surface area (Å²) in [6.45, 7) is 2.69. The van der Waals surface area contributed by atoms with Crippen LogP contribution in [-0.4, -0.2) is 53.9 Å². The summed E-state index contributed by atoms with van der Waals surface area (Å²) in [6, 6.07) is 4.10. The molecule has 1 aromatic heterocycles. The van der Waals surface area contributed by atoms with Crippen LogP contribution >= 0.6 is 0 Å². The van der Waals surface area contributed by atoms with E-state index in [1.54, 1.807) is 12.4 Å². The zero-order valence-electron chi connectivity index (χ0n) is 9.83. The molecule has 0 amide bonds. The number of pyridine rings is 1. The van der Waals surface area contributed by atoms with Crippen molar-refractivity contribution in [1.82, 2.24) is 9.88 Å². The highest BCUT2D eigenvalue weighted by Crippen LogP contribution is 2.23. The minimum Gasteiger partial charge on any atom is -0.395 e. The fourth-order valence-electron chi connectivity index (χ4n) is 2.28. The van der Waals surface area contributed by atoms with Gasteiger partial charge in [0.25, 0.3) is 0 Å². The van der Waals surface area contributed by atoms with Gasteiger partial charge in [0.15, 0.2) is 0 Å². The van der Waals surface area contributed by atoms with Crippen molar-refractivity contribution in [3.05, 3.63) is 30.1 Å². The molecular weight excluding hydrogens is 218 g/mol. The van der Waals surface area contributed by atoms with Gasteiger partial charge in [0.1, 0.15) is 0 Å². The minimum atomic E-state index is 0.0328. The molecule has 1 saturated heterocycles. The van der Waals surface area contributed by atoms with Gasteiger partial charge in [0, 0.05) is 31.5 Å². The number of hydrogen-bond acceptors (Lipinski definition) is 5. The first-order valence-corrected chi connectivity index (χ1v) is 5.91. The molecule has 5 nitrogen and oxygen atoms in total. The van der Waals surface area contributed by atoms with Gasteiger partial charge in [0.2, 0.25) is 0 Å². The molecule has 0 spiro atoms. The Labute approximate surface area is 101 Å². The van der Waals surface area contributed by atoms with Crippen LogP contribution in [-0.2, 0) is 4.74 Å². The lowest BCUT2D eigenvalue weighted by Gasteiger charge is -2.40. The summed E-state index contributed by atoms with van der Waals surface area (Å²) in [5.74, 6) is 0. The Morgan fingerprint density at radius 1 is 1.53 bits per heavy atom. The number of rotatable bonds is 4. The zero-order chi connectivity index (χ0) is 12.1. The van der Waals surface area contributed by atoms with Crippen LogP contribution in [0.3, 0.4) is 0 Å². The lowest BCUT2D eigenvalue weighted by Crippen LogP contribution is -2.50. The van der Waals surface area contributed by atoms with Crippen molar-refractivity contribution in [2.75, 3.05) is 32.9 Å². The van der Waals surface area contributed by atoms with Crippen LogP contribution in [0.4, 0.5) is 0 Å². The Morgan fingerprint density at radius 3 is 2.94 bits per heavy atom. The first kappa shape index (κ1) is 12.4. The van der Waals surface area contributed by atoms with E-state index >= 15 is 0 Å². The molecule has 17 heavy (non-hydrogen) atoms. The van der Waals surface area contributed by atoms with Crippen LogP contribution in [0.1, 0.15) is 11.6 Å². The maximum absolute atomic E-state index is 9.38. The molecule has 2 heterocycles. The molecule has 0 radical (unpaired) electrons. The summed E-state index contributed by atoms with van der Waals surface area (Å²) in [7, 11) is 0. The maximum atomic E-state index is 9.38. The first-order valence-electron chi connectivity index (χ1n) is 5.91. The summed E-state index contributed by atoms with van der Waals surface area (Å²) in [6.07, 6.45) is 3.54. The van der Waals surface area contributed by atoms with Gasteiger partial charge >= 0.3 is 0 Å². The third kappa shape index (κ3) is 2.81. The summed E-state index contributed by atoms with van der Waals surface area (Å²) in [4.78, 5) is 6.23. The third-order valence-electron chi connectivity index (χ3n) is 3.20. The Balaban J connectivity index is 2.16. The molecule has 1 fully saturated rings. The predicted molar refractivity (Wildman–Crippen MR) is 64.4 cm³/mol. The van der Waals surface area contributed by atoms with Crippen molar-refractivity contribution in [2.45, 2.75) is 12.1 Å². The quantitative estimate of drug-likeness (QED) is 0.757. The molecule has 94 valence electrons. The van der Waals surface area contributed by atoms with E-state index in [9.17, 15) is 5.11 Å². The fraction of sp³-hybridized carbons (Fsp3) is 0.583.